The molecule has 0 bridgehead atoms. The third kappa shape index (κ3) is 3.07. The van der Waals surface area contributed by atoms with Crippen LogP contribution in [-0.2, 0) is 9.59 Å². The number of hydrogen-bond acceptors (Lipinski definition) is 3. The summed E-state index contributed by atoms with van der Waals surface area (Å²) < 4.78 is 0.929. The van der Waals surface area contributed by atoms with E-state index in [1.54, 1.807) is 12.1 Å². The summed E-state index contributed by atoms with van der Waals surface area (Å²) in [6, 6.07) is 6.42. The van der Waals surface area contributed by atoms with Gasteiger partial charge < -0.3 is 5.32 Å². The zero-order valence-electron chi connectivity index (χ0n) is 8.63. The fraction of sp³-hybridized carbons (Fsp3) is 0.0909. The van der Waals surface area contributed by atoms with E-state index in [1.165, 1.54) is 12.2 Å². The third-order valence-corrected chi connectivity index (χ3v) is 2.61. The number of nitrogens with one attached hydrogen (secondary N) is 1. The maximum Gasteiger partial charge on any atom is 0.287 e. The van der Waals surface area contributed by atoms with Gasteiger partial charge in [-0.25, -0.2) is 0 Å². The molecule has 1 aliphatic heterocycles. The van der Waals surface area contributed by atoms with Gasteiger partial charge in [-0.3, -0.25) is 9.59 Å². The van der Waals surface area contributed by atoms with E-state index in [4.69, 9.17) is 0 Å². The van der Waals surface area contributed by atoms with Crippen molar-refractivity contribution >= 4 is 33.4 Å². The van der Waals surface area contributed by atoms with Gasteiger partial charge in [0, 0.05) is 16.2 Å². The molecule has 2 amide bonds. The molecule has 2 rings (SSSR count). The predicted molar refractivity (Wildman–Crippen MR) is 65.6 cm³/mol. The van der Waals surface area contributed by atoms with Crippen molar-refractivity contribution in [1.82, 2.24) is 0 Å². The zero-order chi connectivity index (χ0) is 12.3. The number of rotatable bonds is 2. The number of halogens is 1. The van der Waals surface area contributed by atoms with E-state index in [2.05, 4.69) is 31.5 Å². The maximum absolute atomic E-state index is 11.7. The predicted octanol–water partition coefficient (Wildman–Crippen LogP) is 2.30. The fourth-order valence-electron chi connectivity index (χ4n) is 1.25. The average molecular weight is 294 g/mol. The number of carbonyl (C=O) groups excluding carboxylic acids is 2. The molecular weight excluding hydrogens is 286 g/mol. The molecule has 1 atom stereocenters. The molecule has 0 radical (unpaired) electrons. The summed E-state index contributed by atoms with van der Waals surface area (Å²) in [7, 11) is 0. The highest BCUT2D eigenvalue weighted by atomic mass is 79.9. The fourth-order valence-corrected chi connectivity index (χ4v) is 1.52. The Morgan fingerprint density at radius 1 is 1.29 bits per heavy atom. The molecule has 17 heavy (non-hydrogen) atoms. The van der Waals surface area contributed by atoms with E-state index in [1.807, 2.05) is 12.1 Å². The van der Waals surface area contributed by atoms with Crippen LogP contribution in [0.3, 0.4) is 0 Å². The summed E-state index contributed by atoms with van der Waals surface area (Å²) in [6.07, 6.45) is 2.66. The van der Waals surface area contributed by atoms with Gasteiger partial charge in [0.25, 0.3) is 11.8 Å². The second-order valence-electron chi connectivity index (χ2n) is 3.35. The quantitative estimate of drug-likeness (QED) is 0.909. The smallest absolute Gasteiger partial charge is 0.287 e. The largest absolute Gasteiger partial charge is 0.324 e. The van der Waals surface area contributed by atoms with Crippen molar-refractivity contribution in [2.75, 3.05) is 5.32 Å². The first-order chi connectivity index (χ1) is 8.15. The van der Waals surface area contributed by atoms with Gasteiger partial charge in [-0.2, -0.15) is 5.11 Å². The number of amides is 2. The molecule has 0 fully saturated rings. The van der Waals surface area contributed by atoms with Crippen LogP contribution in [0.25, 0.3) is 0 Å². The van der Waals surface area contributed by atoms with Crippen LogP contribution in [0.4, 0.5) is 5.69 Å². The van der Waals surface area contributed by atoms with E-state index >= 15 is 0 Å². The topological polar surface area (TPSA) is 70.9 Å². The summed E-state index contributed by atoms with van der Waals surface area (Å²) in [5.74, 6) is -0.766. The van der Waals surface area contributed by atoms with E-state index in [0.717, 1.165) is 4.47 Å². The van der Waals surface area contributed by atoms with Gasteiger partial charge in [-0.15, -0.1) is 5.11 Å². The Hall–Kier alpha value is -1.82. The molecule has 5 nitrogen and oxygen atoms in total. The van der Waals surface area contributed by atoms with E-state index in [-0.39, 0.29) is 5.91 Å². The third-order valence-electron chi connectivity index (χ3n) is 2.08. The summed E-state index contributed by atoms with van der Waals surface area (Å²) >= 11 is 3.30. The molecule has 1 aromatic carbocycles. The van der Waals surface area contributed by atoms with Gasteiger partial charge in [0.1, 0.15) is 0 Å². The van der Waals surface area contributed by atoms with Gasteiger partial charge in [0.15, 0.2) is 6.04 Å². The lowest BCUT2D eigenvalue weighted by Crippen LogP contribution is -2.25. The molecule has 0 saturated heterocycles. The first kappa shape index (κ1) is 11.7. The highest BCUT2D eigenvalue weighted by molar-refractivity contribution is 9.10. The number of carbonyl (C=O) groups is 2. The van der Waals surface area contributed by atoms with Gasteiger partial charge in [0.05, 0.1) is 0 Å². The number of nitrogens with zero attached hydrogens (tertiary/aromatic N) is 2. The standard InChI is InChI=1S/C11H8BrN3O2/c12-7-1-3-8(4-2-7)13-11(17)9-5-6-10(16)15-14-9/h1-6,9H,(H,13,17). The summed E-state index contributed by atoms with van der Waals surface area (Å²) in [6.45, 7) is 0. The van der Waals surface area contributed by atoms with Gasteiger partial charge >= 0.3 is 0 Å². The van der Waals surface area contributed by atoms with E-state index in [0.29, 0.717) is 5.69 Å². The molecule has 0 aliphatic carbocycles. The second kappa shape index (κ2) is 5.01. The highest BCUT2D eigenvalue weighted by Gasteiger charge is 2.18. The van der Waals surface area contributed by atoms with Gasteiger partial charge in [0.2, 0.25) is 0 Å². The van der Waals surface area contributed by atoms with E-state index < -0.39 is 11.9 Å². The molecule has 6 heteroatoms. The minimum atomic E-state index is -0.739. The first-order valence-corrected chi connectivity index (χ1v) is 5.64. The molecule has 1 N–H and O–H groups in total. The lowest BCUT2D eigenvalue weighted by atomic mass is 10.2. The van der Waals surface area contributed by atoms with Crippen LogP contribution in [-0.4, -0.2) is 17.9 Å². The summed E-state index contributed by atoms with van der Waals surface area (Å²) in [5, 5.41) is 9.59. The van der Waals surface area contributed by atoms with Crippen LogP contribution >= 0.6 is 15.9 Å². The van der Waals surface area contributed by atoms with Crippen molar-refractivity contribution in [3.63, 3.8) is 0 Å². The molecule has 1 aromatic rings. The Morgan fingerprint density at radius 2 is 2.00 bits per heavy atom. The lowest BCUT2D eigenvalue weighted by Gasteiger charge is -2.09. The van der Waals surface area contributed by atoms with Crippen molar-refractivity contribution < 1.29 is 9.59 Å². The molecule has 0 aromatic heterocycles. The van der Waals surface area contributed by atoms with Crippen molar-refractivity contribution in [2.45, 2.75) is 6.04 Å². The Morgan fingerprint density at radius 3 is 2.59 bits per heavy atom. The van der Waals surface area contributed by atoms with Crippen LogP contribution in [0.5, 0.6) is 0 Å². The van der Waals surface area contributed by atoms with Crippen molar-refractivity contribution in [1.29, 1.82) is 0 Å². The Balaban J connectivity index is 2.02. The van der Waals surface area contributed by atoms with Crippen molar-refractivity contribution in [2.24, 2.45) is 10.2 Å². The number of azo groups is 1. The van der Waals surface area contributed by atoms with Crippen LogP contribution in [0.1, 0.15) is 0 Å². The maximum atomic E-state index is 11.7. The summed E-state index contributed by atoms with van der Waals surface area (Å²) in [5.41, 5.74) is 0.665. The number of benzene rings is 1. The SMILES string of the molecule is O=C1C=CC(C(=O)Nc2ccc(Br)cc2)N=N1. The highest BCUT2D eigenvalue weighted by Crippen LogP contribution is 2.15. The van der Waals surface area contributed by atoms with Crippen LogP contribution in [0.15, 0.2) is 51.1 Å². The van der Waals surface area contributed by atoms with Gasteiger partial charge in [-0.05, 0) is 30.3 Å². The van der Waals surface area contributed by atoms with Crippen LogP contribution in [0.2, 0.25) is 0 Å². The monoisotopic (exact) mass is 293 g/mol. The first-order valence-electron chi connectivity index (χ1n) is 4.84. The molecule has 86 valence electrons. The van der Waals surface area contributed by atoms with Crippen LogP contribution in [0, 0.1) is 0 Å². The molecular formula is C11H8BrN3O2. The van der Waals surface area contributed by atoms with Crippen molar-refractivity contribution in [3.8, 4) is 0 Å². The van der Waals surface area contributed by atoms with E-state index in [9.17, 15) is 9.59 Å². The molecule has 1 aliphatic rings. The second-order valence-corrected chi connectivity index (χ2v) is 4.27. The Bertz CT molecular complexity index is 492. The Kier molecular flexibility index (Phi) is 3.43. The zero-order valence-corrected chi connectivity index (χ0v) is 10.2. The number of hydrogen-bond donors (Lipinski definition) is 1. The molecule has 0 saturated carbocycles. The minimum absolute atomic E-state index is 0.320. The average Bonchev–Trinajstić information content (AvgIpc) is 2.33. The van der Waals surface area contributed by atoms with Gasteiger partial charge in [-0.1, -0.05) is 15.9 Å². The van der Waals surface area contributed by atoms with Crippen molar-refractivity contribution in [3.05, 3.63) is 40.9 Å². The molecule has 1 heterocycles. The summed E-state index contributed by atoms with van der Waals surface area (Å²) in [4.78, 5) is 22.5. The molecule has 0 spiro atoms. The number of anilines is 1. The lowest BCUT2D eigenvalue weighted by molar-refractivity contribution is -0.117. The molecule has 1 unspecified atom stereocenters. The van der Waals surface area contributed by atoms with Crippen LogP contribution < -0.4 is 5.32 Å². The Labute approximate surface area is 106 Å². The minimum Gasteiger partial charge on any atom is -0.324 e. The normalized spacial score (nSPS) is 18.2.